The molecule has 122 valence electrons. The van der Waals surface area contributed by atoms with E-state index in [1.165, 1.54) is 0 Å². The predicted octanol–water partition coefficient (Wildman–Crippen LogP) is 5.17. The minimum Gasteiger partial charge on any atom is -0.497 e. The van der Waals surface area contributed by atoms with Gasteiger partial charge in [-0.15, -0.1) is 0 Å². The molecule has 1 amide bonds. The lowest BCUT2D eigenvalue weighted by molar-refractivity contribution is 0.102. The summed E-state index contributed by atoms with van der Waals surface area (Å²) >= 11 is 5.89. The molecule has 4 nitrogen and oxygen atoms in total. The van der Waals surface area contributed by atoms with Gasteiger partial charge >= 0.3 is 0 Å². The number of anilines is 1. The fourth-order valence-electron chi connectivity index (χ4n) is 2.34. The van der Waals surface area contributed by atoms with Crippen LogP contribution in [0, 0.1) is 6.92 Å². The molecular weight excluding hydrogens is 326 g/mol. The average Bonchev–Trinajstić information content (AvgIpc) is 2.98. The molecule has 1 aromatic heterocycles. The van der Waals surface area contributed by atoms with E-state index in [2.05, 4.69) is 5.32 Å². The maximum Gasteiger partial charge on any atom is 0.259 e. The lowest BCUT2D eigenvalue weighted by atomic mass is 10.1. The normalized spacial score (nSPS) is 10.5. The van der Waals surface area contributed by atoms with E-state index in [0.717, 1.165) is 11.3 Å². The summed E-state index contributed by atoms with van der Waals surface area (Å²) in [7, 11) is 1.60. The quantitative estimate of drug-likeness (QED) is 0.712. The smallest absolute Gasteiger partial charge is 0.259 e. The zero-order chi connectivity index (χ0) is 17.1. The van der Waals surface area contributed by atoms with Gasteiger partial charge in [0.05, 0.1) is 12.7 Å². The molecule has 0 saturated heterocycles. The molecule has 0 saturated carbocycles. The molecule has 1 N–H and O–H groups in total. The van der Waals surface area contributed by atoms with Gasteiger partial charge in [-0.3, -0.25) is 4.79 Å². The summed E-state index contributed by atoms with van der Waals surface area (Å²) in [6, 6.07) is 16.2. The highest BCUT2D eigenvalue weighted by molar-refractivity contribution is 6.30. The third kappa shape index (κ3) is 3.44. The number of furan rings is 1. The van der Waals surface area contributed by atoms with Gasteiger partial charge in [0.1, 0.15) is 17.3 Å². The zero-order valence-corrected chi connectivity index (χ0v) is 14.1. The Morgan fingerprint density at radius 1 is 1.08 bits per heavy atom. The first kappa shape index (κ1) is 16.1. The van der Waals surface area contributed by atoms with Crippen LogP contribution in [-0.4, -0.2) is 13.0 Å². The average molecular weight is 342 g/mol. The highest BCUT2D eigenvalue weighted by Crippen LogP contribution is 2.27. The standard InChI is InChI=1S/C19H16ClNO3/c1-12-17(11-18(24-12)13-3-5-14(20)6-4-13)19(22)21-15-7-9-16(23-2)10-8-15/h3-11H,1-2H3,(H,21,22). The molecule has 0 fully saturated rings. The lowest BCUT2D eigenvalue weighted by Gasteiger charge is -2.05. The second-order valence-electron chi connectivity index (χ2n) is 5.27. The molecule has 0 aliphatic carbocycles. The van der Waals surface area contributed by atoms with Crippen molar-refractivity contribution in [1.82, 2.24) is 0 Å². The van der Waals surface area contributed by atoms with Crippen LogP contribution in [-0.2, 0) is 0 Å². The van der Waals surface area contributed by atoms with Crippen LogP contribution in [0.15, 0.2) is 59.0 Å². The third-order valence-corrected chi connectivity index (χ3v) is 3.89. The molecule has 0 unspecified atom stereocenters. The number of benzene rings is 2. The number of ether oxygens (including phenoxy) is 1. The molecule has 1 heterocycles. The Kier molecular flexibility index (Phi) is 4.58. The van der Waals surface area contributed by atoms with Crippen LogP contribution in [0.2, 0.25) is 5.02 Å². The summed E-state index contributed by atoms with van der Waals surface area (Å²) in [5.41, 5.74) is 2.05. The van der Waals surface area contributed by atoms with Gasteiger partial charge in [0.25, 0.3) is 5.91 Å². The van der Waals surface area contributed by atoms with E-state index in [1.54, 1.807) is 56.5 Å². The molecule has 3 rings (SSSR count). The number of carbonyl (C=O) groups is 1. The Bertz CT molecular complexity index is 851. The summed E-state index contributed by atoms with van der Waals surface area (Å²) in [6.45, 7) is 1.77. The number of nitrogens with one attached hydrogen (secondary N) is 1. The van der Waals surface area contributed by atoms with Gasteiger partial charge in [-0.1, -0.05) is 11.6 Å². The molecule has 0 bridgehead atoms. The number of hydrogen-bond donors (Lipinski definition) is 1. The molecule has 2 aromatic carbocycles. The van der Waals surface area contributed by atoms with Crippen molar-refractivity contribution in [3.05, 3.63) is 70.9 Å². The first-order valence-electron chi connectivity index (χ1n) is 7.38. The predicted molar refractivity (Wildman–Crippen MR) is 94.8 cm³/mol. The summed E-state index contributed by atoms with van der Waals surface area (Å²) < 4.78 is 10.8. The Hall–Kier alpha value is -2.72. The monoisotopic (exact) mass is 341 g/mol. The van der Waals surface area contributed by atoms with Gasteiger partial charge in [0, 0.05) is 16.3 Å². The van der Waals surface area contributed by atoms with Crippen molar-refractivity contribution in [2.75, 3.05) is 12.4 Å². The summed E-state index contributed by atoms with van der Waals surface area (Å²) in [5, 5.41) is 3.50. The van der Waals surface area contributed by atoms with Gasteiger partial charge in [0.15, 0.2) is 0 Å². The molecule has 0 aliphatic heterocycles. The van der Waals surface area contributed by atoms with Crippen LogP contribution >= 0.6 is 11.6 Å². The fraction of sp³-hybridized carbons (Fsp3) is 0.105. The Morgan fingerprint density at radius 3 is 2.38 bits per heavy atom. The van der Waals surface area contributed by atoms with Gasteiger partial charge < -0.3 is 14.5 Å². The van der Waals surface area contributed by atoms with Gasteiger partial charge in [0.2, 0.25) is 0 Å². The highest BCUT2D eigenvalue weighted by Gasteiger charge is 2.16. The van der Waals surface area contributed by atoms with Crippen molar-refractivity contribution >= 4 is 23.2 Å². The number of methoxy groups -OCH3 is 1. The van der Waals surface area contributed by atoms with Crippen molar-refractivity contribution in [1.29, 1.82) is 0 Å². The van der Waals surface area contributed by atoms with Crippen LogP contribution in [0.4, 0.5) is 5.69 Å². The van der Waals surface area contributed by atoms with E-state index < -0.39 is 0 Å². The number of halogens is 1. The highest BCUT2D eigenvalue weighted by atomic mass is 35.5. The Balaban J connectivity index is 1.81. The van der Waals surface area contributed by atoms with Crippen LogP contribution < -0.4 is 10.1 Å². The van der Waals surface area contributed by atoms with Gasteiger partial charge in [-0.2, -0.15) is 0 Å². The number of carbonyl (C=O) groups excluding carboxylic acids is 1. The number of rotatable bonds is 4. The molecular formula is C19H16ClNO3. The van der Waals surface area contributed by atoms with E-state index in [1.807, 2.05) is 12.1 Å². The van der Waals surface area contributed by atoms with Crippen molar-refractivity contribution in [3.63, 3.8) is 0 Å². The summed E-state index contributed by atoms with van der Waals surface area (Å²) in [4.78, 5) is 12.5. The zero-order valence-electron chi connectivity index (χ0n) is 13.3. The number of hydrogen-bond acceptors (Lipinski definition) is 3. The number of amides is 1. The third-order valence-electron chi connectivity index (χ3n) is 3.64. The van der Waals surface area contributed by atoms with E-state index in [-0.39, 0.29) is 5.91 Å². The lowest BCUT2D eigenvalue weighted by Crippen LogP contribution is -2.11. The van der Waals surface area contributed by atoms with Gasteiger partial charge in [-0.05, 0) is 61.5 Å². The molecule has 0 spiro atoms. The second-order valence-corrected chi connectivity index (χ2v) is 5.71. The summed E-state index contributed by atoms with van der Waals surface area (Å²) in [5.74, 6) is 1.70. The van der Waals surface area contributed by atoms with Crippen LogP contribution in [0.1, 0.15) is 16.1 Å². The minimum absolute atomic E-state index is 0.221. The van der Waals surface area contributed by atoms with Gasteiger partial charge in [-0.25, -0.2) is 0 Å². The Morgan fingerprint density at radius 2 is 1.75 bits per heavy atom. The fourth-order valence-corrected chi connectivity index (χ4v) is 2.46. The molecule has 0 aliphatic rings. The SMILES string of the molecule is COc1ccc(NC(=O)c2cc(-c3ccc(Cl)cc3)oc2C)cc1. The molecule has 3 aromatic rings. The first-order chi connectivity index (χ1) is 11.6. The maximum absolute atomic E-state index is 12.5. The number of aryl methyl sites for hydroxylation is 1. The molecule has 0 atom stereocenters. The largest absolute Gasteiger partial charge is 0.497 e. The maximum atomic E-state index is 12.5. The van der Waals surface area contributed by atoms with E-state index >= 15 is 0 Å². The van der Waals surface area contributed by atoms with E-state index in [9.17, 15) is 4.79 Å². The first-order valence-corrected chi connectivity index (χ1v) is 7.76. The van der Waals surface area contributed by atoms with Crippen LogP contribution in [0.5, 0.6) is 5.75 Å². The Labute approximate surface area is 145 Å². The summed E-state index contributed by atoms with van der Waals surface area (Å²) in [6.07, 6.45) is 0. The topological polar surface area (TPSA) is 51.5 Å². The van der Waals surface area contributed by atoms with Crippen molar-refractivity contribution in [3.8, 4) is 17.1 Å². The molecule has 24 heavy (non-hydrogen) atoms. The van der Waals surface area contributed by atoms with E-state index in [4.69, 9.17) is 20.8 Å². The van der Waals surface area contributed by atoms with Crippen LogP contribution in [0.25, 0.3) is 11.3 Å². The van der Waals surface area contributed by atoms with E-state index in [0.29, 0.717) is 27.8 Å². The van der Waals surface area contributed by atoms with Crippen molar-refractivity contribution < 1.29 is 13.9 Å². The van der Waals surface area contributed by atoms with Crippen molar-refractivity contribution in [2.45, 2.75) is 6.92 Å². The van der Waals surface area contributed by atoms with Crippen molar-refractivity contribution in [2.24, 2.45) is 0 Å². The van der Waals surface area contributed by atoms with Crippen LogP contribution in [0.3, 0.4) is 0 Å². The second kappa shape index (κ2) is 6.81. The minimum atomic E-state index is -0.221. The molecule has 5 heteroatoms. The molecule has 0 radical (unpaired) electrons.